The number of fused-ring (bicyclic) bond motifs is 1. The zero-order chi connectivity index (χ0) is 20.8. The lowest BCUT2D eigenvalue weighted by Crippen LogP contribution is -2.31. The van der Waals surface area contributed by atoms with Crippen LogP contribution in [-0.4, -0.2) is 53.9 Å². The van der Waals surface area contributed by atoms with Crippen molar-refractivity contribution in [2.75, 3.05) is 25.5 Å². The molecule has 2 aromatic rings. The zero-order valence-electron chi connectivity index (χ0n) is 15.9. The molecule has 0 atom stereocenters. The molecule has 1 aliphatic heterocycles. The van der Waals surface area contributed by atoms with Crippen LogP contribution in [0.4, 0.5) is 11.4 Å². The predicted molar refractivity (Wildman–Crippen MR) is 115 cm³/mol. The number of para-hydroxylation sites is 1. The molecule has 1 aliphatic rings. The number of hydrogen-bond acceptors (Lipinski definition) is 5. The number of rotatable bonds is 4. The van der Waals surface area contributed by atoms with Crippen LogP contribution >= 0.6 is 0 Å². The number of carboxylic acid groups (broad SMARTS) is 1. The number of anilines is 1. The van der Waals surface area contributed by atoms with E-state index in [-0.39, 0.29) is 12.2 Å². The van der Waals surface area contributed by atoms with Crippen LogP contribution in [0.5, 0.6) is 0 Å². The first-order valence-electron chi connectivity index (χ1n) is 8.92. The van der Waals surface area contributed by atoms with E-state index in [1.54, 1.807) is 13.1 Å². The fraction of sp³-hybridized carbons (Fsp3) is 0.143. The van der Waals surface area contributed by atoms with Gasteiger partial charge in [-0.3, -0.25) is 4.99 Å². The third-order valence-electron chi connectivity index (χ3n) is 4.17. The molecule has 0 unspecified atom stereocenters. The maximum absolute atomic E-state index is 11.3. The predicted octanol–water partition coefficient (Wildman–Crippen LogP) is 2.56. The Morgan fingerprint density at radius 2 is 1.97 bits per heavy atom. The van der Waals surface area contributed by atoms with Crippen LogP contribution in [0.3, 0.4) is 0 Å². The topological polar surface area (TPSA) is 119 Å². The van der Waals surface area contributed by atoms with Crippen molar-refractivity contribution in [2.24, 2.45) is 15.0 Å². The fourth-order valence-corrected chi connectivity index (χ4v) is 2.76. The first-order chi connectivity index (χ1) is 14.0. The van der Waals surface area contributed by atoms with Gasteiger partial charge in [-0.1, -0.05) is 30.8 Å². The number of aliphatic hydroxyl groups is 1. The highest BCUT2D eigenvalue weighted by atomic mass is 16.4. The second-order valence-corrected chi connectivity index (χ2v) is 6.13. The summed E-state index contributed by atoms with van der Waals surface area (Å²) >= 11 is 0. The van der Waals surface area contributed by atoms with Gasteiger partial charge in [0.2, 0.25) is 5.96 Å². The van der Waals surface area contributed by atoms with Crippen LogP contribution in [-0.2, 0) is 0 Å². The third-order valence-corrected chi connectivity index (χ3v) is 4.17. The van der Waals surface area contributed by atoms with Crippen LogP contribution < -0.4 is 10.6 Å². The number of nitrogens with zero attached hydrogens (tertiary/aromatic N) is 3. The van der Waals surface area contributed by atoms with Crippen LogP contribution in [0, 0.1) is 0 Å². The van der Waals surface area contributed by atoms with Gasteiger partial charge in [-0.25, -0.2) is 14.8 Å². The molecular formula is C21H21N5O3. The van der Waals surface area contributed by atoms with Crippen molar-refractivity contribution in [3.63, 3.8) is 0 Å². The Balaban J connectivity index is 2.09. The van der Waals surface area contributed by atoms with E-state index in [0.29, 0.717) is 40.9 Å². The smallest absolute Gasteiger partial charge is 0.335 e. The van der Waals surface area contributed by atoms with Crippen LogP contribution in [0.15, 0.2) is 70.1 Å². The molecule has 0 aliphatic carbocycles. The Hall–Kier alpha value is -3.78. The minimum Gasteiger partial charge on any atom is -0.478 e. The van der Waals surface area contributed by atoms with Crippen LogP contribution in [0.1, 0.15) is 15.9 Å². The number of aliphatic hydroxyl groups excluding tert-OH is 1. The maximum atomic E-state index is 11.3. The molecule has 0 spiro atoms. The summed E-state index contributed by atoms with van der Waals surface area (Å²) < 4.78 is 0. The van der Waals surface area contributed by atoms with Gasteiger partial charge in [0, 0.05) is 30.4 Å². The molecule has 0 saturated heterocycles. The van der Waals surface area contributed by atoms with E-state index in [1.807, 2.05) is 30.3 Å². The van der Waals surface area contributed by atoms with E-state index >= 15 is 0 Å². The Morgan fingerprint density at radius 3 is 2.62 bits per heavy atom. The summed E-state index contributed by atoms with van der Waals surface area (Å²) in [6, 6.07) is 14.1. The van der Waals surface area contributed by atoms with Gasteiger partial charge in [0.1, 0.15) is 5.71 Å². The molecule has 0 saturated carbocycles. The number of carboxylic acids is 1. The number of hydrogen-bond donors (Lipinski definition) is 4. The molecule has 0 radical (unpaired) electrons. The lowest BCUT2D eigenvalue weighted by Gasteiger charge is -2.22. The van der Waals surface area contributed by atoms with Gasteiger partial charge >= 0.3 is 5.97 Å². The van der Waals surface area contributed by atoms with E-state index in [9.17, 15) is 9.90 Å². The van der Waals surface area contributed by atoms with Crippen LogP contribution in [0.25, 0.3) is 5.57 Å². The van der Waals surface area contributed by atoms with Crippen LogP contribution in [0.2, 0.25) is 0 Å². The second kappa shape index (κ2) is 8.94. The molecule has 0 fully saturated rings. The average Bonchev–Trinajstić information content (AvgIpc) is 2.73. The molecule has 8 heteroatoms. The van der Waals surface area contributed by atoms with E-state index in [0.717, 1.165) is 5.69 Å². The van der Waals surface area contributed by atoms with Gasteiger partial charge in [0.05, 0.1) is 17.9 Å². The maximum Gasteiger partial charge on any atom is 0.335 e. The Morgan fingerprint density at radius 1 is 1.21 bits per heavy atom. The van der Waals surface area contributed by atoms with Gasteiger partial charge in [0.15, 0.2) is 5.84 Å². The molecule has 0 aromatic heterocycles. The zero-order valence-corrected chi connectivity index (χ0v) is 15.9. The molecule has 3 rings (SSSR count). The summed E-state index contributed by atoms with van der Waals surface area (Å²) in [5.41, 5.74) is 3.16. The third kappa shape index (κ3) is 4.56. The van der Waals surface area contributed by atoms with E-state index in [4.69, 9.17) is 5.11 Å². The largest absolute Gasteiger partial charge is 0.478 e. The number of carbonyl (C=O) groups is 1. The van der Waals surface area contributed by atoms with Gasteiger partial charge in [-0.05, 0) is 24.3 Å². The molecule has 0 bridgehead atoms. The summed E-state index contributed by atoms with van der Waals surface area (Å²) in [7, 11) is 1.59. The molecular weight excluding hydrogens is 370 g/mol. The summed E-state index contributed by atoms with van der Waals surface area (Å²) in [6.07, 6.45) is 0. The first-order valence-corrected chi connectivity index (χ1v) is 8.92. The summed E-state index contributed by atoms with van der Waals surface area (Å²) in [5.74, 6) is -0.286. The highest BCUT2D eigenvalue weighted by Gasteiger charge is 2.24. The normalized spacial score (nSPS) is 15.0. The summed E-state index contributed by atoms with van der Waals surface area (Å²) in [6.45, 7) is 4.38. The van der Waals surface area contributed by atoms with Crippen molar-refractivity contribution in [3.05, 3.63) is 66.2 Å². The summed E-state index contributed by atoms with van der Waals surface area (Å²) in [5, 5.41) is 24.5. The number of aliphatic imine (C=N–C) groups is 3. The molecule has 0 amide bonds. The lowest BCUT2D eigenvalue weighted by atomic mass is 9.95. The van der Waals surface area contributed by atoms with E-state index in [2.05, 4.69) is 32.2 Å². The standard InChI is InChI=1S/C21H21N5O3/c1-13-16-9-8-14(20(28)29)12-17(16)25-19(24-15-6-4-3-5-7-15)18(13)26-21(22-2)23-10-11-27/h3-9,12,27H,1,10-11H2,2H3,(H,22,23)(H,24,25)(H,28,29)/b26-18+. The minimum atomic E-state index is -1.03. The number of benzene rings is 2. The Kier molecular flexibility index (Phi) is 6.16. The van der Waals surface area contributed by atoms with Crippen molar-refractivity contribution >= 4 is 40.4 Å². The quantitative estimate of drug-likeness (QED) is 0.472. The lowest BCUT2D eigenvalue weighted by molar-refractivity contribution is 0.0697. The van der Waals surface area contributed by atoms with Gasteiger partial charge < -0.3 is 20.8 Å². The van der Waals surface area contributed by atoms with Gasteiger partial charge in [-0.2, -0.15) is 0 Å². The SMILES string of the molecule is C=C1/C(=N\C(=N/C)NCCO)C(Nc2ccccc2)=Nc2cc(C(=O)O)ccc21. The molecule has 8 nitrogen and oxygen atoms in total. The number of amidine groups is 1. The second-order valence-electron chi connectivity index (χ2n) is 6.13. The first kappa shape index (κ1) is 20.0. The van der Waals surface area contributed by atoms with Gasteiger partial charge in [0.25, 0.3) is 0 Å². The minimum absolute atomic E-state index is 0.0607. The molecule has 148 valence electrons. The summed E-state index contributed by atoms with van der Waals surface area (Å²) in [4.78, 5) is 24.6. The highest BCUT2D eigenvalue weighted by molar-refractivity contribution is 6.62. The average molecular weight is 391 g/mol. The Bertz CT molecular complexity index is 1030. The molecule has 2 aromatic carbocycles. The highest BCUT2D eigenvalue weighted by Crippen LogP contribution is 2.33. The van der Waals surface area contributed by atoms with Crippen molar-refractivity contribution in [1.29, 1.82) is 0 Å². The van der Waals surface area contributed by atoms with Crippen molar-refractivity contribution in [2.45, 2.75) is 0 Å². The number of nitrogens with one attached hydrogen (secondary N) is 2. The van der Waals surface area contributed by atoms with Crippen molar-refractivity contribution in [3.8, 4) is 0 Å². The number of guanidine groups is 1. The monoisotopic (exact) mass is 391 g/mol. The molecule has 4 N–H and O–H groups in total. The molecule has 29 heavy (non-hydrogen) atoms. The van der Waals surface area contributed by atoms with Crippen molar-refractivity contribution in [1.82, 2.24) is 5.32 Å². The van der Waals surface area contributed by atoms with E-state index in [1.165, 1.54) is 12.1 Å². The molecule has 1 heterocycles. The van der Waals surface area contributed by atoms with Gasteiger partial charge in [-0.15, -0.1) is 0 Å². The van der Waals surface area contributed by atoms with Crippen molar-refractivity contribution < 1.29 is 15.0 Å². The fourth-order valence-electron chi connectivity index (χ4n) is 2.76. The number of aromatic carboxylic acids is 1. The Labute approximate surface area is 168 Å². The van der Waals surface area contributed by atoms with E-state index < -0.39 is 5.97 Å².